The Morgan fingerprint density at radius 2 is 2.20 bits per heavy atom. The van der Waals surface area contributed by atoms with Crippen LogP contribution in [0.15, 0.2) is 24.3 Å². The Morgan fingerprint density at radius 3 is 2.80 bits per heavy atom. The number of carbonyl (C=O) groups excluding carboxylic acids is 1. The summed E-state index contributed by atoms with van der Waals surface area (Å²) >= 11 is 0. The summed E-state index contributed by atoms with van der Waals surface area (Å²) in [4.78, 5) is 23.2. The number of carboxylic acid groups (broad SMARTS) is 1. The number of carbonyl (C=O) groups is 2. The fourth-order valence-corrected chi connectivity index (χ4v) is 2.31. The van der Waals surface area contributed by atoms with Crippen molar-refractivity contribution < 1.29 is 19.4 Å². The van der Waals surface area contributed by atoms with Crippen LogP contribution < -0.4 is 5.32 Å². The Bertz CT molecular complexity index is 494. The van der Waals surface area contributed by atoms with Gasteiger partial charge in [-0.3, -0.25) is 4.79 Å². The van der Waals surface area contributed by atoms with Crippen molar-refractivity contribution in [2.45, 2.75) is 38.3 Å². The maximum absolute atomic E-state index is 11.9. The van der Waals surface area contributed by atoms with E-state index in [0.29, 0.717) is 13.0 Å². The third-order valence-corrected chi connectivity index (χ3v) is 3.52. The maximum Gasteiger partial charge on any atom is 0.326 e. The maximum atomic E-state index is 11.9. The molecule has 2 atom stereocenters. The molecule has 0 spiro atoms. The molecule has 108 valence electrons. The van der Waals surface area contributed by atoms with Crippen LogP contribution >= 0.6 is 0 Å². The topological polar surface area (TPSA) is 75.6 Å². The van der Waals surface area contributed by atoms with E-state index in [4.69, 9.17) is 4.74 Å². The highest BCUT2D eigenvalue weighted by molar-refractivity contribution is 5.86. The molecule has 1 heterocycles. The van der Waals surface area contributed by atoms with E-state index in [2.05, 4.69) is 5.32 Å². The molecule has 0 radical (unpaired) electrons. The minimum Gasteiger partial charge on any atom is -0.480 e. The minimum absolute atomic E-state index is 0.278. The Kier molecular flexibility index (Phi) is 4.74. The second kappa shape index (κ2) is 6.52. The average molecular weight is 277 g/mol. The van der Waals surface area contributed by atoms with Crippen LogP contribution in [0.4, 0.5) is 0 Å². The van der Waals surface area contributed by atoms with Gasteiger partial charge in [-0.1, -0.05) is 24.3 Å². The van der Waals surface area contributed by atoms with Crippen LogP contribution in [0, 0.1) is 6.92 Å². The second-order valence-electron chi connectivity index (χ2n) is 5.03. The molecule has 2 N–H and O–H groups in total. The fraction of sp³-hybridized carbons (Fsp3) is 0.467. The lowest BCUT2D eigenvalue weighted by atomic mass is 10.0. The summed E-state index contributed by atoms with van der Waals surface area (Å²) in [5.74, 6) is -1.36. The number of hydrogen-bond acceptors (Lipinski definition) is 3. The predicted octanol–water partition coefficient (Wildman–Crippen LogP) is 1.29. The molecule has 1 aromatic rings. The monoisotopic (exact) mass is 277 g/mol. The summed E-state index contributed by atoms with van der Waals surface area (Å²) in [7, 11) is 0. The van der Waals surface area contributed by atoms with E-state index in [1.807, 2.05) is 31.2 Å². The fourth-order valence-electron chi connectivity index (χ4n) is 2.31. The molecule has 1 saturated heterocycles. The molecule has 2 rings (SSSR count). The number of benzene rings is 1. The van der Waals surface area contributed by atoms with Gasteiger partial charge in [0.1, 0.15) is 12.1 Å². The molecule has 0 bridgehead atoms. The number of hydrogen-bond donors (Lipinski definition) is 2. The van der Waals surface area contributed by atoms with Gasteiger partial charge in [-0.2, -0.15) is 0 Å². The number of aryl methyl sites for hydroxylation is 1. The first kappa shape index (κ1) is 14.5. The number of nitrogens with one attached hydrogen (secondary N) is 1. The average Bonchev–Trinajstić information content (AvgIpc) is 2.94. The van der Waals surface area contributed by atoms with Crippen molar-refractivity contribution in [1.82, 2.24) is 5.32 Å². The largest absolute Gasteiger partial charge is 0.480 e. The van der Waals surface area contributed by atoms with Crippen LogP contribution in [0.5, 0.6) is 0 Å². The van der Waals surface area contributed by atoms with Gasteiger partial charge < -0.3 is 15.2 Å². The number of aliphatic carboxylic acids is 1. The first-order chi connectivity index (χ1) is 9.58. The van der Waals surface area contributed by atoms with Gasteiger partial charge in [-0.25, -0.2) is 4.79 Å². The molecule has 1 aromatic carbocycles. The number of ether oxygens (including phenoxy) is 1. The lowest BCUT2D eigenvalue weighted by Gasteiger charge is -2.18. The van der Waals surface area contributed by atoms with Crippen molar-refractivity contribution in [3.63, 3.8) is 0 Å². The summed E-state index contributed by atoms with van der Waals surface area (Å²) in [6, 6.07) is 6.65. The van der Waals surface area contributed by atoms with E-state index in [1.165, 1.54) is 0 Å². The highest BCUT2D eigenvalue weighted by atomic mass is 16.5. The van der Waals surface area contributed by atoms with Crippen molar-refractivity contribution in [2.24, 2.45) is 0 Å². The molecule has 20 heavy (non-hydrogen) atoms. The summed E-state index contributed by atoms with van der Waals surface area (Å²) in [5.41, 5.74) is 1.94. The van der Waals surface area contributed by atoms with Gasteiger partial charge in [0.25, 0.3) is 0 Å². The van der Waals surface area contributed by atoms with E-state index in [1.54, 1.807) is 0 Å². The van der Waals surface area contributed by atoms with E-state index in [9.17, 15) is 14.7 Å². The van der Waals surface area contributed by atoms with E-state index in [0.717, 1.165) is 17.5 Å². The zero-order valence-electron chi connectivity index (χ0n) is 11.5. The van der Waals surface area contributed by atoms with Crippen LogP contribution in [0.1, 0.15) is 24.0 Å². The Balaban J connectivity index is 2.02. The van der Waals surface area contributed by atoms with Crippen molar-refractivity contribution in [1.29, 1.82) is 0 Å². The predicted molar refractivity (Wildman–Crippen MR) is 73.4 cm³/mol. The molecule has 1 aliphatic heterocycles. The van der Waals surface area contributed by atoms with Crippen molar-refractivity contribution >= 4 is 11.9 Å². The lowest BCUT2D eigenvalue weighted by Crippen LogP contribution is -2.46. The normalized spacial score (nSPS) is 19.6. The summed E-state index contributed by atoms with van der Waals surface area (Å²) in [6.45, 7) is 2.49. The third-order valence-electron chi connectivity index (χ3n) is 3.52. The van der Waals surface area contributed by atoms with Crippen molar-refractivity contribution in [2.75, 3.05) is 6.61 Å². The molecule has 0 aliphatic carbocycles. The van der Waals surface area contributed by atoms with Gasteiger partial charge in [-0.15, -0.1) is 0 Å². The SMILES string of the molecule is Cc1ccccc1C[C@H](NC(=O)[C@@H]1CCCO1)C(=O)O. The van der Waals surface area contributed by atoms with Gasteiger partial charge in [-0.05, 0) is 30.9 Å². The van der Waals surface area contributed by atoms with E-state index < -0.39 is 18.1 Å². The first-order valence-corrected chi connectivity index (χ1v) is 6.77. The second-order valence-corrected chi connectivity index (χ2v) is 5.03. The van der Waals surface area contributed by atoms with Crippen LogP contribution in [-0.2, 0) is 20.7 Å². The van der Waals surface area contributed by atoms with Gasteiger partial charge in [0.15, 0.2) is 0 Å². The van der Waals surface area contributed by atoms with Gasteiger partial charge in [0, 0.05) is 13.0 Å². The Morgan fingerprint density at radius 1 is 1.45 bits per heavy atom. The van der Waals surface area contributed by atoms with Crippen molar-refractivity contribution in [3.05, 3.63) is 35.4 Å². The summed E-state index contributed by atoms with van der Waals surface area (Å²) in [5, 5.41) is 11.8. The molecule has 5 nitrogen and oxygen atoms in total. The number of amides is 1. The van der Waals surface area contributed by atoms with Gasteiger partial charge in [0.2, 0.25) is 5.91 Å². The van der Waals surface area contributed by atoms with E-state index in [-0.39, 0.29) is 12.3 Å². The third kappa shape index (κ3) is 3.57. The van der Waals surface area contributed by atoms with E-state index >= 15 is 0 Å². The van der Waals surface area contributed by atoms with Gasteiger partial charge in [0.05, 0.1) is 0 Å². The molecule has 5 heteroatoms. The Labute approximate surface area is 117 Å². The quantitative estimate of drug-likeness (QED) is 0.850. The Hall–Kier alpha value is -1.88. The van der Waals surface area contributed by atoms with Crippen LogP contribution in [0.2, 0.25) is 0 Å². The van der Waals surface area contributed by atoms with Crippen molar-refractivity contribution in [3.8, 4) is 0 Å². The zero-order valence-corrected chi connectivity index (χ0v) is 11.5. The van der Waals surface area contributed by atoms with Crippen LogP contribution in [0.3, 0.4) is 0 Å². The number of carboxylic acids is 1. The van der Waals surface area contributed by atoms with Crippen LogP contribution in [0.25, 0.3) is 0 Å². The minimum atomic E-state index is -1.03. The molecule has 1 amide bonds. The lowest BCUT2D eigenvalue weighted by molar-refractivity contribution is -0.143. The van der Waals surface area contributed by atoms with Crippen LogP contribution in [-0.4, -0.2) is 35.7 Å². The molecule has 0 saturated carbocycles. The molecule has 1 aliphatic rings. The molecule has 0 aromatic heterocycles. The number of rotatable bonds is 5. The highest BCUT2D eigenvalue weighted by Crippen LogP contribution is 2.14. The summed E-state index contributed by atoms with van der Waals surface area (Å²) in [6.07, 6.45) is 1.27. The molecular weight excluding hydrogens is 258 g/mol. The molecule has 1 fully saturated rings. The standard InChI is InChI=1S/C15H19NO4/c1-10-5-2-3-6-11(10)9-12(15(18)19)16-14(17)13-7-4-8-20-13/h2-3,5-6,12-13H,4,7-9H2,1H3,(H,16,17)(H,18,19)/t12-,13-/m0/s1. The highest BCUT2D eigenvalue weighted by Gasteiger charge is 2.28. The zero-order chi connectivity index (χ0) is 14.5. The first-order valence-electron chi connectivity index (χ1n) is 6.77. The summed E-state index contributed by atoms with van der Waals surface area (Å²) < 4.78 is 5.26. The molecular formula is C15H19NO4. The smallest absolute Gasteiger partial charge is 0.326 e. The molecule has 0 unspecified atom stereocenters. The van der Waals surface area contributed by atoms with Gasteiger partial charge >= 0.3 is 5.97 Å².